The van der Waals surface area contributed by atoms with Crippen molar-refractivity contribution in [1.82, 2.24) is 10.2 Å². The van der Waals surface area contributed by atoms with Crippen LogP contribution in [0.2, 0.25) is 0 Å². The summed E-state index contributed by atoms with van der Waals surface area (Å²) < 4.78 is 0. The van der Waals surface area contributed by atoms with Crippen molar-refractivity contribution in [3.8, 4) is 0 Å². The molecule has 1 aliphatic heterocycles. The summed E-state index contributed by atoms with van der Waals surface area (Å²) in [6.07, 6.45) is 5.98. The molecule has 0 saturated carbocycles. The number of hydrogen-bond acceptors (Lipinski definition) is 2. The summed E-state index contributed by atoms with van der Waals surface area (Å²) in [4.78, 5) is 25.3. The van der Waals surface area contributed by atoms with E-state index in [0.717, 1.165) is 25.9 Å². The van der Waals surface area contributed by atoms with Crippen molar-refractivity contribution in [2.45, 2.75) is 64.8 Å². The predicted octanol–water partition coefficient (Wildman–Crippen LogP) is 2.85. The molecule has 20 heavy (non-hydrogen) atoms. The summed E-state index contributed by atoms with van der Waals surface area (Å²) in [5, 5.41) is 11.9. The Kier molecular flexibility index (Phi) is 6.30. The molecular weight excluding hydrogens is 256 g/mol. The standard InChI is InChI=1S/C15H28N2O3/c1-4-7-12-8-6-10-17(11-9-12)14(20)16-15(3,5-2)13(18)19/h12H,4-11H2,1-3H3,(H,16,20)(H,18,19). The van der Waals surface area contributed by atoms with Gasteiger partial charge in [-0.1, -0.05) is 26.7 Å². The normalized spacial score (nSPS) is 22.8. The lowest BCUT2D eigenvalue weighted by Gasteiger charge is -2.29. The number of hydrogen-bond donors (Lipinski definition) is 2. The third kappa shape index (κ3) is 4.39. The number of nitrogens with zero attached hydrogens (tertiary/aromatic N) is 1. The Morgan fingerprint density at radius 2 is 2.00 bits per heavy atom. The Morgan fingerprint density at radius 1 is 1.30 bits per heavy atom. The van der Waals surface area contributed by atoms with Crippen LogP contribution in [0.4, 0.5) is 4.79 Å². The number of rotatable bonds is 5. The Hall–Kier alpha value is -1.26. The molecule has 0 aliphatic carbocycles. The summed E-state index contributed by atoms with van der Waals surface area (Å²) in [5.41, 5.74) is -1.17. The van der Waals surface area contributed by atoms with Gasteiger partial charge in [-0.25, -0.2) is 9.59 Å². The van der Waals surface area contributed by atoms with E-state index in [-0.39, 0.29) is 6.03 Å². The van der Waals surface area contributed by atoms with Gasteiger partial charge in [0, 0.05) is 13.1 Å². The van der Waals surface area contributed by atoms with Gasteiger partial charge in [0.1, 0.15) is 5.54 Å². The molecule has 5 nitrogen and oxygen atoms in total. The lowest BCUT2D eigenvalue weighted by Crippen LogP contribution is -2.55. The highest BCUT2D eigenvalue weighted by Gasteiger charge is 2.34. The largest absolute Gasteiger partial charge is 0.480 e. The van der Waals surface area contributed by atoms with E-state index in [2.05, 4.69) is 12.2 Å². The quantitative estimate of drug-likeness (QED) is 0.815. The van der Waals surface area contributed by atoms with Gasteiger partial charge >= 0.3 is 12.0 Å². The predicted molar refractivity (Wildman–Crippen MR) is 78.7 cm³/mol. The summed E-state index contributed by atoms with van der Waals surface area (Å²) in [5.74, 6) is -0.276. The van der Waals surface area contributed by atoms with Gasteiger partial charge in [-0.05, 0) is 38.5 Å². The molecule has 0 radical (unpaired) electrons. The van der Waals surface area contributed by atoms with Gasteiger partial charge in [0.15, 0.2) is 0 Å². The van der Waals surface area contributed by atoms with Crippen molar-refractivity contribution in [3.63, 3.8) is 0 Å². The molecular formula is C15H28N2O3. The third-order valence-electron chi connectivity index (χ3n) is 4.39. The number of carboxylic acid groups (broad SMARTS) is 1. The molecule has 5 heteroatoms. The minimum atomic E-state index is -1.17. The lowest BCUT2D eigenvalue weighted by atomic mass is 9.96. The highest BCUT2D eigenvalue weighted by Crippen LogP contribution is 2.22. The SMILES string of the molecule is CCCC1CCCN(C(=O)NC(C)(CC)C(=O)O)CC1. The van der Waals surface area contributed by atoms with E-state index in [1.165, 1.54) is 19.3 Å². The maximum atomic E-state index is 12.2. The fraction of sp³-hybridized carbons (Fsp3) is 0.867. The number of carbonyl (C=O) groups excluding carboxylic acids is 1. The summed E-state index contributed by atoms with van der Waals surface area (Å²) in [7, 11) is 0. The van der Waals surface area contributed by atoms with Gasteiger partial charge in [-0.2, -0.15) is 0 Å². The minimum absolute atomic E-state index is 0.242. The third-order valence-corrected chi connectivity index (χ3v) is 4.39. The Balaban J connectivity index is 2.57. The molecule has 116 valence electrons. The molecule has 1 rings (SSSR count). The maximum absolute atomic E-state index is 12.2. The zero-order valence-corrected chi connectivity index (χ0v) is 12.9. The van der Waals surface area contributed by atoms with Crippen LogP contribution >= 0.6 is 0 Å². The summed E-state index contributed by atoms with van der Waals surface area (Å²) in [6, 6.07) is -0.242. The molecule has 2 unspecified atom stereocenters. The van der Waals surface area contributed by atoms with E-state index in [1.54, 1.807) is 18.7 Å². The smallest absolute Gasteiger partial charge is 0.329 e. The van der Waals surface area contributed by atoms with Crippen molar-refractivity contribution in [3.05, 3.63) is 0 Å². The van der Waals surface area contributed by atoms with Crippen LogP contribution in [0.25, 0.3) is 0 Å². The van der Waals surface area contributed by atoms with Gasteiger partial charge < -0.3 is 15.3 Å². The first-order chi connectivity index (χ1) is 9.42. The Morgan fingerprint density at radius 3 is 2.55 bits per heavy atom. The molecule has 2 atom stereocenters. The first kappa shape index (κ1) is 16.8. The molecule has 0 aromatic rings. The van der Waals surface area contributed by atoms with Gasteiger partial charge in [0.2, 0.25) is 0 Å². The summed E-state index contributed by atoms with van der Waals surface area (Å²) >= 11 is 0. The average Bonchev–Trinajstić information content (AvgIpc) is 2.64. The number of aliphatic carboxylic acids is 1. The number of amides is 2. The van der Waals surface area contributed by atoms with Crippen LogP contribution in [0.3, 0.4) is 0 Å². The first-order valence-electron chi connectivity index (χ1n) is 7.73. The van der Waals surface area contributed by atoms with Crippen molar-refractivity contribution in [2.24, 2.45) is 5.92 Å². The number of urea groups is 1. The van der Waals surface area contributed by atoms with Gasteiger partial charge in [0.25, 0.3) is 0 Å². The fourth-order valence-electron chi connectivity index (χ4n) is 2.67. The van der Waals surface area contributed by atoms with Crippen LogP contribution in [0, 0.1) is 5.92 Å². The van der Waals surface area contributed by atoms with Crippen LogP contribution in [0.5, 0.6) is 0 Å². The second-order valence-corrected chi connectivity index (χ2v) is 5.99. The molecule has 0 aromatic heterocycles. The molecule has 0 aromatic carbocycles. The molecule has 1 aliphatic rings. The Labute approximate surface area is 121 Å². The molecule has 2 N–H and O–H groups in total. The van der Waals surface area contributed by atoms with E-state index in [1.807, 2.05) is 0 Å². The molecule has 0 bridgehead atoms. The maximum Gasteiger partial charge on any atom is 0.329 e. The highest BCUT2D eigenvalue weighted by molar-refractivity contribution is 5.85. The molecule has 2 amide bonds. The van der Waals surface area contributed by atoms with Crippen LogP contribution in [-0.2, 0) is 4.79 Å². The average molecular weight is 284 g/mol. The zero-order valence-electron chi connectivity index (χ0n) is 12.9. The molecule has 0 spiro atoms. The van der Waals surface area contributed by atoms with Crippen LogP contribution < -0.4 is 5.32 Å². The second-order valence-electron chi connectivity index (χ2n) is 5.99. The molecule has 1 heterocycles. The number of carboxylic acids is 1. The highest BCUT2D eigenvalue weighted by atomic mass is 16.4. The van der Waals surface area contributed by atoms with Crippen LogP contribution in [0.15, 0.2) is 0 Å². The van der Waals surface area contributed by atoms with E-state index in [0.29, 0.717) is 12.3 Å². The minimum Gasteiger partial charge on any atom is -0.480 e. The van der Waals surface area contributed by atoms with E-state index in [9.17, 15) is 14.7 Å². The zero-order chi connectivity index (χ0) is 15.2. The number of likely N-dealkylation sites (tertiary alicyclic amines) is 1. The van der Waals surface area contributed by atoms with E-state index >= 15 is 0 Å². The van der Waals surface area contributed by atoms with Gasteiger partial charge in [0.05, 0.1) is 0 Å². The monoisotopic (exact) mass is 284 g/mol. The number of carbonyl (C=O) groups is 2. The van der Waals surface area contributed by atoms with Crippen LogP contribution in [0.1, 0.15) is 59.3 Å². The molecule has 1 fully saturated rings. The fourth-order valence-corrected chi connectivity index (χ4v) is 2.67. The van der Waals surface area contributed by atoms with Crippen molar-refractivity contribution in [1.29, 1.82) is 0 Å². The van der Waals surface area contributed by atoms with Crippen molar-refractivity contribution in [2.75, 3.05) is 13.1 Å². The topological polar surface area (TPSA) is 69.6 Å². The van der Waals surface area contributed by atoms with Crippen molar-refractivity contribution < 1.29 is 14.7 Å². The lowest BCUT2D eigenvalue weighted by molar-refractivity contribution is -0.143. The van der Waals surface area contributed by atoms with Gasteiger partial charge in [-0.3, -0.25) is 0 Å². The number of nitrogens with one attached hydrogen (secondary N) is 1. The van der Waals surface area contributed by atoms with Crippen LogP contribution in [-0.4, -0.2) is 40.6 Å². The summed E-state index contributed by atoms with van der Waals surface area (Å²) in [6.45, 7) is 6.98. The van der Waals surface area contributed by atoms with Crippen molar-refractivity contribution >= 4 is 12.0 Å². The van der Waals surface area contributed by atoms with E-state index in [4.69, 9.17) is 0 Å². The van der Waals surface area contributed by atoms with E-state index < -0.39 is 11.5 Å². The first-order valence-corrected chi connectivity index (χ1v) is 7.73. The second kappa shape index (κ2) is 7.50. The Bertz CT molecular complexity index is 346. The van der Waals surface area contributed by atoms with Gasteiger partial charge in [-0.15, -0.1) is 0 Å². The molecule has 1 saturated heterocycles.